The van der Waals surface area contributed by atoms with Gasteiger partial charge in [0.1, 0.15) is 11.4 Å². The first-order valence-electron chi connectivity index (χ1n) is 5.45. The molecule has 2 N–H and O–H groups in total. The van der Waals surface area contributed by atoms with E-state index in [1.54, 1.807) is 13.8 Å². The maximum Gasteiger partial charge on any atom is 0.272 e. The third-order valence-electron chi connectivity index (χ3n) is 2.54. The van der Waals surface area contributed by atoms with Crippen LogP contribution in [-0.2, 0) is 5.54 Å². The van der Waals surface area contributed by atoms with Crippen molar-refractivity contribution in [2.45, 2.75) is 19.4 Å². The highest BCUT2D eigenvalue weighted by Crippen LogP contribution is 2.20. The molecular weight excluding hydrogens is 253 g/mol. The molecule has 2 aromatic rings. The minimum Gasteiger partial charge on any atom is -0.320 e. The van der Waals surface area contributed by atoms with Crippen LogP contribution in [0.25, 0.3) is 5.69 Å². The van der Waals surface area contributed by atoms with E-state index in [-0.39, 0.29) is 11.4 Å². The predicted octanol–water partition coefficient (Wildman–Crippen LogP) is 1.51. The van der Waals surface area contributed by atoms with Crippen molar-refractivity contribution in [1.29, 1.82) is 0 Å². The highest BCUT2D eigenvalue weighted by Gasteiger charge is 2.20. The molecule has 19 heavy (non-hydrogen) atoms. The Balaban J connectivity index is 2.43. The van der Waals surface area contributed by atoms with Gasteiger partial charge in [0.2, 0.25) is 0 Å². The molecule has 0 aliphatic carbocycles. The Hall–Kier alpha value is -2.35. The number of nitro benzene ring substituents is 1. The van der Waals surface area contributed by atoms with Crippen molar-refractivity contribution in [1.82, 2.24) is 15.0 Å². The monoisotopic (exact) mass is 265 g/mol. The molecule has 100 valence electrons. The largest absolute Gasteiger partial charge is 0.320 e. The van der Waals surface area contributed by atoms with Crippen molar-refractivity contribution in [3.63, 3.8) is 0 Å². The SMILES string of the molecule is CC(C)(N)c1cn(-c2ccc([N+](=O)[O-])cc2F)nn1. The molecule has 2 rings (SSSR count). The average molecular weight is 265 g/mol. The molecule has 0 bridgehead atoms. The van der Waals surface area contributed by atoms with Crippen LogP contribution in [0, 0.1) is 15.9 Å². The summed E-state index contributed by atoms with van der Waals surface area (Å²) in [5.74, 6) is -0.750. The first-order chi connectivity index (χ1) is 8.79. The molecule has 0 spiro atoms. The van der Waals surface area contributed by atoms with E-state index in [0.717, 1.165) is 6.07 Å². The third kappa shape index (κ3) is 2.58. The van der Waals surface area contributed by atoms with Gasteiger partial charge in [-0.3, -0.25) is 10.1 Å². The van der Waals surface area contributed by atoms with Crippen molar-refractivity contribution in [2.75, 3.05) is 0 Å². The lowest BCUT2D eigenvalue weighted by molar-refractivity contribution is -0.385. The van der Waals surface area contributed by atoms with Gasteiger partial charge in [0.05, 0.1) is 22.7 Å². The van der Waals surface area contributed by atoms with Crippen molar-refractivity contribution in [3.05, 3.63) is 46.0 Å². The van der Waals surface area contributed by atoms with Crippen molar-refractivity contribution >= 4 is 5.69 Å². The highest BCUT2D eigenvalue weighted by molar-refractivity contribution is 5.42. The summed E-state index contributed by atoms with van der Waals surface area (Å²) < 4.78 is 15.0. The number of halogens is 1. The van der Waals surface area contributed by atoms with E-state index in [1.165, 1.54) is 23.0 Å². The summed E-state index contributed by atoms with van der Waals surface area (Å²) >= 11 is 0. The molecule has 0 radical (unpaired) electrons. The lowest BCUT2D eigenvalue weighted by Gasteiger charge is -2.13. The fourth-order valence-corrected chi connectivity index (χ4v) is 1.47. The average Bonchev–Trinajstić information content (AvgIpc) is 2.77. The lowest BCUT2D eigenvalue weighted by atomic mass is 10.0. The minimum atomic E-state index is -0.750. The van der Waals surface area contributed by atoms with Gasteiger partial charge in [-0.2, -0.15) is 0 Å². The van der Waals surface area contributed by atoms with E-state index >= 15 is 0 Å². The van der Waals surface area contributed by atoms with Gasteiger partial charge < -0.3 is 5.73 Å². The molecule has 0 aliphatic heterocycles. The molecule has 8 heteroatoms. The Morgan fingerprint density at radius 1 is 1.47 bits per heavy atom. The molecule has 0 saturated carbocycles. The second kappa shape index (κ2) is 4.39. The summed E-state index contributed by atoms with van der Waals surface area (Å²) in [6.45, 7) is 3.49. The van der Waals surface area contributed by atoms with E-state index in [4.69, 9.17) is 5.73 Å². The molecule has 7 nitrogen and oxygen atoms in total. The van der Waals surface area contributed by atoms with Gasteiger partial charge >= 0.3 is 0 Å². The van der Waals surface area contributed by atoms with Crippen LogP contribution in [-0.4, -0.2) is 19.9 Å². The third-order valence-corrected chi connectivity index (χ3v) is 2.54. The van der Waals surface area contributed by atoms with Crippen LogP contribution >= 0.6 is 0 Å². The summed E-state index contributed by atoms with van der Waals surface area (Å²) in [5.41, 5.74) is 5.40. The van der Waals surface area contributed by atoms with Crippen molar-refractivity contribution in [3.8, 4) is 5.69 Å². The number of hydrogen-bond acceptors (Lipinski definition) is 5. The summed E-state index contributed by atoms with van der Waals surface area (Å²) in [6.07, 6.45) is 1.49. The Bertz CT molecular complexity index is 632. The Morgan fingerprint density at radius 3 is 2.63 bits per heavy atom. The number of nitrogens with two attached hydrogens (primary N) is 1. The highest BCUT2D eigenvalue weighted by atomic mass is 19.1. The number of non-ortho nitro benzene ring substituents is 1. The van der Waals surface area contributed by atoms with E-state index < -0.39 is 16.3 Å². The molecule has 1 heterocycles. The fourth-order valence-electron chi connectivity index (χ4n) is 1.47. The molecule has 0 unspecified atom stereocenters. The van der Waals surface area contributed by atoms with Gasteiger partial charge in [0.25, 0.3) is 5.69 Å². The molecule has 1 aromatic heterocycles. The molecule has 0 aliphatic rings. The quantitative estimate of drug-likeness (QED) is 0.669. The van der Waals surface area contributed by atoms with E-state index in [1.807, 2.05) is 0 Å². The van der Waals surface area contributed by atoms with Gasteiger partial charge in [-0.25, -0.2) is 9.07 Å². The maximum atomic E-state index is 13.8. The molecule has 0 saturated heterocycles. The molecule has 0 fully saturated rings. The van der Waals surface area contributed by atoms with Gasteiger partial charge in [-0.1, -0.05) is 5.21 Å². The summed E-state index contributed by atoms with van der Waals surface area (Å²) in [6, 6.07) is 3.31. The van der Waals surface area contributed by atoms with Gasteiger partial charge in [0, 0.05) is 6.07 Å². The van der Waals surface area contributed by atoms with Gasteiger partial charge in [-0.05, 0) is 19.9 Å². The number of nitrogens with zero attached hydrogens (tertiary/aromatic N) is 4. The number of aromatic nitrogens is 3. The first-order valence-corrected chi connectivity index (χ1v) is 5.45. The zero-order chi connectivity index (χ0) is 14.2. The number of nitro groups is 1. The van der Waals surface area contributed by atoms with Crippen LogP contribution in [0.5, 0.6) is 0 Å². The summed E-state index contributed by atoms with van der Waals surface area (Å²) in [5, 5.41) is 18.1. The van der Waals surface area contributed by atoms with Gasteiger partial charge in [-0.15, -0.1) is 5.10 Å². The number of hydrogen-bond donors (Lipinski definition) is 1. The molecule has 0 atom stereocenters. The number of benzene rings is 1. The van der Waals surface area contributed by atoms with E-state index in [2.05, 4.69) is 10.3 Å². The van der Waals surface area contributed by atoms with Crippen LogP contribution in [0.3, 0.4) is 0 Å². The zero-order valence-electron chi connectivity index (χ0n) is 10.4. The smallest absolute Gasteiger partial charge is 0.272 e. The molecule has 1 aromatic carbocycles. The Kier molecular flexibility index (Phi) is 3.03. The van der Waals surface area contributed by atoms with E-state index in [9.17, 15) is 14.5 Å². The van der Waals surface area contributed by atoms with Crippen LogP contribution in [0.15, 0.2) is 24.4 Å². The maximum absolute atomic E-state index is 13.8. The molecule has 0 amide bonds. The van der Waals surface area contributed by atoms with Crippen molar-refractivity contribution < 1.29 is 9.31 Å². The van der Waals surface area contributed by atoms with Crippen LogP contribution < -0.4 is 5.73 Å². The number of rotatable bonds is 3. The lowest BCUT2D eigenvalue weighted by Crippen LogP contribution is -2.29. The Labute approximate surface area is 108 Å². The molecular formula is C11H12FN5O2. The summed E-state index contributed by atoms with van der Waals surface area (Å²) in [4.78, 5) is 9.86. The van der Waals surface area contributed by atoms with Crippen LogP contribution in [0.4, 0.5) is 10.1 Å². The normalized spacial score (nSPS) is 11.6. The Morgan fingerprint density at radius 2 is 2.16 bits per heavy atom. The standard InChI is InChI=1S/C11H12FN5O2/c1-11(2,13)10-6-16(15-14-10)9-4-3-7(17(18)19)5-8(9)12/h3-6H,13H2,1-2H3. The van der Waals surface area contributed by atoms with E-state index in [0.29, 0.717) is 5.69 Å². The zero-order valence-corrected chi connectivity index (χ0v) is 10.4. The first kappa shape index (κ1) is 13.1. The second-order valence-corrected chi connectivity index (χ2v) is 4.66. The van der Waals surface area contributed by atoms with Crippen LogP contribution in [0.1, 0.15) is 19.5 Å². The topological polar surface area (TPSA) is 99.9 Å². The predicted molar refractivity (Wildman–Crippen MR) is 65.2 cm³/mol. The fraction of sp³-hybridized carbons (Fsp3) is 0.273. The van der Waals surface area contributed by atoms with Crippen LogP contribution in [0.2, 0.25) is 0 Å². The second-order valence-electron chi connectivity index (χ2n) is 4.66. The summed E-state index contributed by atoms with van der Waals surface area (Å²) in [7, 11) is 0. The minimum absolute atomic E-state index is 0.0774. The van der Waals surface area contributed by atoms with Crippen molar-refractivity contribution in [2.24, 2.45) is 5.73 Å². The van der Waals surface area contributed by atoms with Gasteiger partial charge in [0.15, 0.2) is 5.82 Å².